The second kappa shape index (κ2) is 8.78. The van der Waals surface area contributed by atoms with Gasteiger partial charge in [-0.15, -0.1) is 0 Å². The smallest absolute Gasteiger partial charge is 0.241 e. The number of nitrogens with zero attached hydrogens (tertiary/aromatic N) is 1. The molecule has 0 fully saturated rings. The Morgan fingerprint density at radius 2 is 1.61 bits per heavy atom. The molecule has 1 aliphatic heterocycles. The number of hydrogen-bond donors (Lipinski definition) is 1. The minimum atomic E-state index is -0.355. The maximum Gasteiger partial charge on any atom is 0.241 e. The van der Waals surface area contributed by atoms with E-state index in [1.807, 2.05) is 19.1 Å². The lowest BCUT2D eigenvalue weighted by Crippen LogP contribution is -2.44. The summed E-state index contributed by atoms with van der Waals surface area (Å²) in [5.74, 6) is 1.24. The van der Waals surface area contributed by atoms with Gasteiger partial charge in [-0.05, 0) is 48.7 Å². The van der Waals surface area contributed by atoms with E-state index in [1.165, 1.54) is 11.6 Å². The third kappa shape index (κ3) is 4.33. The predicted octanol–water partition coefficient (Wildman–Crippen LogP) is 5.05. The number of halogens is 3. The zero-order valence-corrected chi connectivity index (χ0v) is 18.1. The van der Waals surface area contributed by atoms with E-state index in [1.54, 1.807) is 20.3 Å². The molecule has 0 saturated heterocycles. The van der Waals surface area contributed by atoms with E-state index in [9.17, 15) is 4.79 Å². The van der Waals surface area contributed by atoms with Gasteiger partial charge >= 0.3 is 0 Å². The van der Waals surface area contributed by atoms with Crippen LogP contribution in [0.3, 0.4) is 0 Å². The van der Waals surface area contributed by atoms with Crippen LogP contribution in [0, 0.1) is 0 Å². The zero-order chi connectivity index (χ0) is 20.4. The van der Waals surface area contributed by atoms with E-state index >= 15 is 0 Å². The number of benzene rings is 2. The first-order valence-corrected chi connectivity index (χ1v) is 9.90. The van der Waals surface area contributed by atoms with Gasteiger partial charge in [0.15, 0.2) is 11.5 Å². The van der Waals surface area contributed by atoms with Crippen molar-refractivity contribution in [3.05, 3.63) is 50.5 Å². The van der Waals surface area contributed by atoms with Crippen molar-refractivity contribution in [2.24, 2.45) is 0 Å². The molecule has 0 bridgehead atoms. The maximum atomic E-state index is 12.8. The SMILES string of the molecule is COc1cc2c(cc1OC)CN(C(C)C(=O)Nc1cc(Cl)c(Cl)cc1Cl)CC2. The average molecular weight is 444 g/mol. The summed E-state index contributed by atoms with van der Waals surface area (Å²) < 4.78 is 10.8. The summed E-state index contributed by atoms with van der Waals surface area (Å²) >= 11 is 18.1. The van der Waals surface area contributed by atoms with Crippen molar-refractivity contribution >= 4 is 46.4 Å². The summed E-state index contributed by atoms with van der Waals surface area (Å²) in [4.78, 5) is 14.9. The van der Waals surface area contributed by atoms with Crippen LogP contribution in [0.2, 0.25) is 15.1 Å². The number of fused-ring (bicyclic) bond motifs is 1. The number of hydrogen-bond acceptors (Lipinski definition) is 4. The summed E-state index contributed by atoms with van der Waals surface area (Å²) in [5, 5.41) is 3.86. The molecular formula is C20H21Cl3N2O3. The van der Waals surface area contributed by atoms with Crippen LogP contribution >= 0.6 is 34.8 Å². The summed E-state index contributed by atoms with van der Waals surface area (Å²) in [7, 11) is 3.24. The molecule has 2 aromatic rings. The van der Waals surface area contributed by atoms with Crippen molar-refractivity contribution in [3.63, 3.8) is 0 Å². The molecule has 8 heteroatoms. The lowest BCUT2D eigenvalue weighted by atomic mass is 9.97. The van der Waals surface area contributed by atoms with Crippen molar-refractivity contribution in [2.45, 2.75) is 25.9 Å². The summed E-state index contributed by atoms with van der Waals surface area (Å²) in [5.41, 5.74) is 2.77. The van der Waals surface area contributed by atoms with E-state index in [-0.39, 0.29) is 11.9 Å². The van der Waals surface area contributed by atoms with Gasteiger partial charge in [-0.3, -0.25) is 9.69 Å². The van der Waals surface area contributed by atoms with Gasteiger partial charge in [-0.2, -0.15) is 0 Å². The molecule has 2 aromatic carbocycles. The first-order chi connectivity index (χ1) is 13.3. The van der Waals surface area contributed by atoms with Gasteiger partial charge in [-0.1, -0.05) is 34.8 Å². The fraction of sp³-hybridized carbons (Fsp3) is 0.350. The number of ether oxygens (including phenoxy) is 2. The fourth-order valence-electron chi connectivity index (χ4n) is 3.26. The average Bonchev–Trinajstić information content (AvgIpc) is 2.69. The van der Waals surface area contributed by atoms with Gasteiger partial charge in [0.25, 0.3) is 0 Å². The quantitative estimate of drug-likeness (QED) is 0.657. The number of rotatable bonds is 5. The number of anilines is 1. The molecule has 28 heavy (non-hydrogen) atoms. The first-order valence-electron chi connectivity index (χ1n) is 8.77. The molecule has 1 aliphatic rings. The standard InChI is InChI=1S/C20H21Cl3N2O3/c1-11(20(26)24-17-9-15(22)14(21)8-16(17)23)25-5-4-12-6-18(27-2)19(28-3)7-13(12)10-25/h6-9,11H,4-5,10H2,1-3H3,(H,24,26). The number of carbonyl (C=O) groups is 1. The van der Waals surface area contributed by atoms with Crippen LogP contribution in [-0.4, -0.2) is 37.6 Å². The topological polar surface area (TPSA) is 50.8 Å². The Bertz CT molecular complexity index is 905. The lowest BCUT2D eigenvalue weighted by Gasteiger charge is -2.33. The molecule has 1 unspecified atom stereocenters. The Balaban J connectivity index is 1.74. The summed E-state index contributed by atoms with van der Waals surface area (Å²) in [6.07, 6.45) is 0.820. The molecular weight excluding hydrogens is 423 g/mol. The minimum Gasteiger partial charge on any atom is -0.493 e. The van der Waals surface area contributed by atoms with Gasteiger partial charge in [0, 0.05) is 13.1 Å². The molecule has 0 aromatic heterocycles. The Labute approximate surface area is 179 Å². The molecule has 1 heterocycles. The predicted molar refractivity (Wildman–Crippen MR) is 113 cm³/mol. The Morgan fingerprint density at radius 3 is 2.25 bits per heavy atom. The number of carbonyl (C=O) groups excluding carboxylic acids is 1. The monoisotopic (exact) mass is 442 g/mol. The number of nitrogens with one attached hydrogen (secondary N) is 1. The minimum absolute atomic E-state index is 0.163. The van der Waals surface area contributed by atoms with Gasteiger partial charge in [0.2, 0.25) is 5.91 Å². The van der Waals surface area contributed by atoms with E-state index in [0.717, 1.165) is 24.3 Å². The van der Waals surface area contributed by atoms with Crippen LogP contribution in [0.1, 0.15) is 18.1 Å². The number of methoxy groups -OCH3 is 2. The summed E-state index contributed by atoms with van der Waals surface area (Å²) in [6.45, 7) is 3.26. The Hall–Kier alpha value is -1.66. The molecule has 0 spiro atoms. The third-order valence-electron chi connectivity index (χ3n) is 4.94. The highest BCUT2D eigenvalue weighted by Gasteiger charge is 2.27. The van der Waals surface area contributed by atoms with Crippen molar-refractivity contribution in [1.29, 1.82) is 0 Å². The van der Waals surface area contributed by atoms with Crippen LogP contribution in [-0.2, 0) is 17.8 Å². The molecule has 1 atom stereocenters. The summed E-state index contributed by atoms with van der Waals surface area (Å²) in [6, 6.07) is 6.70. The molecule has 5 nitrogen and oxygen atoms in total. The molecule has 150 valence electrons. The largest absolute Gasteiger partial charge is 0.493 e. The van der Waals surface area contributed by atoms with E-state index in [0.29, 0.717) is 33.0 Å². The number of amides is 1. The van der Waals surface area contributed by atoms with E-state index in [2.05, 4.69) is 10.2 Å². The highest BCUT2D eigenvalue weighted by Crippen LogP contribution is 2.34. The van der Waals surface area contributed by atoms with Crippen LogP contribution in [0.15, 0.2) is 24.3 Å². The maximum absolute atomic E-state index is 12.8. The van der Waals surface area contributed by atoms with Crippen molar-refractivity contribution in [1.82, 2.24) is 4.90 Å². The molecule has 1 N–H and O–H groups in total. The highest BCUT2D eigenvalue weighted by atomic mass is 35.5. The van der Waals surface area contributed by atoms with Crippen LogP contribution < -0.4 is 14.8 Å². The van der Waals surface area contributed by atoms with Gasteiger partial charge in [0.1, 0.15) is 0 Å². The first kappa shape index (κ1) is 21.1. The van der Waals surface area contributed by atoms with E-state index < -0.39 is 0 Å². The fourth-order valence-corrected chi connectivity index (χ4v) is 3.85. The molecule has 1 amide bonds. The molecule has 0 aliphatic carbocycles. The third-order valence-corrected chi connectivity index (χ3v) is 5.98. The second-order valence-electron chi connectivity index (χ2n) is 6.61. The normalized spacial score (nSPS) is 14.9. The highest BCUT2D eigenvalue weighted by molar-refractivity contribution is 6.44. The van der Waals surface area contributed by atoms with Gasteiger partial charge < -0.3 is 14.8 Å². The van der Waals surface area contributed by atoms with Crippen molar-refractivity contribution in [2.75, 3.05) is 26.1 Å². The van der Waals surface area contributed by atoms with E-state index in [4.69, 9.17) is 44.3 Å². The lowest BCUT2D eigenvalue weighted by molar-refractivity contribution is -0.121. The van der Waals surface area contributed by atoms with Crippen LogP contribution in [0.5, 0.6) is 11.5 Å². The zero-order valence-electron chi connectivity index (χ0n) is 15.8. The molecule has 0 saturated carbocycles. The van der Waals surface area contributed by atoms with Crippen molar-refractivity contribution < 1.29 is 14.3 Å². The van der Waals surface area contributed by atoms with Crippen LogP contribution in [0.4, 0.5) is 5.69 Å². The second-order valence-corrected chi connectivity index (χ2v) is 7.83. The molecule has 0 radical (unpaired) electrons. The van der Waals surface area contributed by atoms with Gasteiger partial charge in [0.05, 0.1) is 41.0 Å². The Morgan fingerprint density at radius 1 is 1.00 bits per heavy atom. The molecule has 3 rings (SSSR count). The van der Waals surface area contributed by atoms with Crippen molar-refractivity contribution in [3.8, 4) is 11.5 Å². The van der Waals surface area contributed by atoms with Crippen LogP contribution in [0.25, 0.3) is 0 Å². The Kier molecular flexibility index (Phi) is 6.61. The van der Waals surface area contributed by atoms with Gasteiger partial charge in [-0.25, -0.2) is 0 Å².